The van der Waals surface area contributed by atoms with Crippen LogP contribution < -0.4 is 10.6 Å². The number of hydrogen-bond acceptors (Lipinski definition) is 13. The minimum absolute atomic E-state index is 0.416. The van der Waals surface area contributed by atoms with Gasteiger partial charge >= 0.3 is 0 Å². The van der Waals surface area contributed by atoms with Gasteiger partial charge in [0.25, 0.3) is 0 Å². The van der Waals surface area contributed by atoms with Gasteiger partial charge in [0.05, 0.1) is 7.09 Å². The number of hydrogen-bond donors (Lipinski definition) is 2. The Morgan fingerprint density at radius 2 is 1.02 bits per heavy atom. The van der Waals surface area contributed by atoms with E-state index in [0.29, 0.717) is 12.1 Å². The largest absolute Gasteiger partial charge is 0.381 e. The average molecular weight is 923 g/mol. The minimum Gasteiger partial charge on any atom is -0.381 e. The highest BCUT2D eigenvalue weighted by atomic mass is 127. The Kier molecular flexibility index (Phi) is 15.1. The second-order valence-corrected chi connectivity index (χ2v) is 19.9. The van der Waals surface area contributed by atoms with Gasteiger partial charge in [-0.1, -0.05) is 87.9 Å². The molecule has 0 atom stereocenters. The number of thiophene rings is 2. The average Bonchev–Trinajstić information content (AvgIpc) is 3.80. The normalized spacial score (nSPS) is 14.8. The summed E-state index contributed by atoms with van der Waals surface area (Å²) in [6.07, 6.45) is 7.90. The molecule has 0 saturated carbocycles. The van der Waals surface area contributed by atoms with E-state index in [1.54, 1.807) is 56.0 Å². The Balaban J connectivity index is 0.000000130. The lowest BCUT2D eigenvalue weighted by molar-refractivity contribution is 0.0902. The van der Waals surface area contributed by atoms with Gasteiger partial charge < -0.3 is 20.1 Å². The van der Waals surface area contributed by atoms with E-state index in [2.05, 4.69) is 138 Å². The zero-order chi connectivity index (χ0) is 36.8. The SMILES string of the molecule is Ic1cc2cnc(NC3CCOCC3)nc2s1.c1ccc(SSc2ccccc2)cc1.c1ccc(Sc2cc3cnc(NC4CCOCC4)nc3s2)cc1. The van der Waals surface area contributed by atoms with E-state index in [1.807, 2.05) is 30.6 Å². The summed E-state index contributed by atoms with van der Waals surface area (Å²) in [5, 5.41) is 9.04. The molecule has 2 fully saturated rings. The zero-order valence-electron chi connectivity index (χ0n) is 29.3. The quantitative estimate of drug-likeness (QED) is 0.107. The van der Waals surface area contributed by atoms with Crippen LogP contribution in [0.25, 0.3) is 20.4 Å². The number of fused-ring (bicyclic) bond motifs is 2. The van der Waals surface area contributed by atoms with Gasteiger partial charge in [0.15, 0.2) is 0 Å². The Morgan fingerprint density at radius 1 is 0.574 bits per heavy atom. The predicted molar refractivity (Wildman–Crippen MR) is 238 cm³/mol. The number of nitrogens with zero attached hydrogens (tertiary/aromatic N) is 4. The minimum atomic E-state index is 0.416. The van der Waals surface area contributed by atoms with Gasteiger partial charge in [0.1, 0.15) is 9.66 Å². The van der Waals surface area contributed by atoms with E-state index in [1.165, 1.54) is 21.8 Å². The molecular weight excluding hydrogens is 884 g/mol. The molecule has 278 valence electrons. The number of anilines is 2. The van der Waals surface area contributed by atoms with Crippen LogP contribution in [0, 0.1) is 2.88 Å². The predicted octanol–water partition coefficient (Wildman–Crippen LogP) is 11.8. The van der Waals surface area contributed by atoms with E-state index >= 15 is 0 Å². The first-order valence-corrected chi connectivity index (χ1v) is 23.4. The molecule has 0 bridgehead atoms. The third-order valence-corrected chi connectivity index (χ3v) is 14.7. The van der Waals surface area contributed by atoms with Crippen LogP contribution in [0.15, 0.2) is 134 Å². The summed E-state index contributed by atoms with van der Waals surface area (Å²) in [4.78, 5) is 23.9. The molecule has 14 heteroatoms. The maximum atomic E-state index is 5.39. The van der Waals surface area contributed by atoms with Crippen molar-refractivity contribution in [3.05, 3.63) is 118 Å². The maximum Gasteiger partial charge on any atom is 0.224 e. The van der Waals surface area contributed by atoms with Crippen LogP contribution >= 0.6 is 78.6 Å². The summed E-state index contributed by atoms with van der Waals surface area (Å²) in [7, 11) is 3.58. The summed E-state index contributed by atoms with van der Waals surface area (Å²) < 4.78 is 13.2. The van der Waals surface area contributed by atoms with Gasteiger partial charge in [-0.25, -0.2) is 19.9 Å². The van der Waals surface area contributed by atoms with Crippen LogP contribution in [-0.2, 0) is 9.47 Å². The van der Waals surface area contributed by atoms with Gasteiger partial charge in [0, 0.05) is 76.4 Å². The highest BCUT2D eigenvalue weighted by molar-refractivity contribution is 14.1. The fraction of sp³-hybridized carbons (Fsp3) is 0.250. The molecule has 9 rings (SSSR count). The number of ether oxygens (including phenoxy) is 2. The molecular formula is C40H39IN6O2S5. The first kappa shape index (κ1) is 39.3. The smallest absolute Gasteiger partial charge is 0.224 e. The standard InChI is InChI=1S/C17H17N3OS2.C12H10S2.C11H12IN3OS/c1-2-4-14(5-3-1)22-15-10-12-11-18-17(20-16(12)23-15)19-13-6-8-21-9-7-13;1-3-7-11(8-4-1)13-14-12-9-5-2-6-10-12;12-9-5-7-6-13-11(15-10(7)17-9)14-8-1-3-16-4-2-8/h1-5,10-11,13H,6-9H2,(H,18,19,20);1-10H;5-6,8H,1-4H2,(H,13,14,15). The topological polar surface area (TPSA) is 94.1 Å². The van der Waals surface area contributed by atoms with E-state index in [9.17, 15) is 0 Å². The molecule has 54 heavy (non-hydrogen) atoms. The lowest BCUT2D eigenvalue weighted by Crippen LogP contribution is -2.28. The van der Waals surface area contributed by atoms with Crippen molar-refractivity contribution in [2.24, 2.45) is 0 Å². The molecule has 7 aromatic rings. The van der Waals surface area contributed by atoms with Gasteiger partial charge in [-0.2, -0.15) is 0 Å². The van der Waals surface area contributed by atoms with Crippen molar-refractivity contribution in [3.63, 3.8) is 0 Å². The summed E-state index contributed by atoms with van der Waals surface area (Å²) >= 11 is 7.50. The molecule has 2 saturated heterocycles. The summed E-state index contributed by atoms with van der Waals surface area (Å²) in [5.74, 6) is 1.46. The number of rotatable bonds is 9. The van der Waals surface area contributed by atoms with Crippen molar-refractivity contribution in [1.29, 1.82) is 0 Å². The first-order valence-electron chi connectivity index (χ1n) is 17.7. The second-order valence-electron chi connectivity index (χ2n) is 12.3. The fourth-order valence-electron chi connectivity index (χ4n) is 5.50. The van der Waals surface area contributed by atoms with Crippen LogP contribution in [0.3, 0.4) is 0 Å². The maximum absolute atomic E-state index is 5.39. The molecule has 6 heterocycles. The molecule has 8 nitrogen and oxygen atoms in total. The summed E-state index contributed by atoms with van der Waals surface area (Å²) in [6, 6.07) is 36.4. The third kappa shape index (κ3) is 12.3. The lowest BCUT2D eigenvalue weighted by Gasteiger charge is -2.22. The zero-order valence-corrected chi connectivity index (χ0v) is 35.5. The van der Waals surface area contributed by atoms with Gasteiger partial charge in [0.2, 0.25) is 11.9 Å². The molecule has 0 amide bonds. The molecule has 2 aliphatic heterocycles. The van der Waals surface area contributed by atoms with Crippen LogP contribution in [-0.4, -0.2) is 58.4 Å². The number of aromatic nitrogens is 4. The van der Waals surface area contributed by atoms with Crippen molar-refractivity contribution in [1.82, 2.24) is 19.9 Å². The Hall–Kier alpha value is -2.96. The monoisotopic (exact) mass is 922 g/mol. The van der Waals surface area contributed by atoms with Crippen LogP contribution in [0.5, 0.6) is 0 Å². The first-order chi connectivity index (χ1) is 26.6. The molecule has 2 aliphatic rings. The molecule has 3 aromatic carbocycles. The third-order valence-electron chi connectivity index (χ3n) is 8.29. The van der Waals surface area contributed by atoms with Crippen molar-refractivity contribution >= 4 is 111 Å². The molecule has 0 radical (unpaired) electrons. The molecule has 0 spiro atoms. The van der Waals surface area contributed by atoms with Gasteiger partial charge in [-0.15, -0.1) is 22.7 Å². The van der Waals surface area contributed by atoms with Gasteiger partial charge in [-0.05, 0) is 96.8 Å². The van der Waals surface area contributed by atoms with Crippen LogP contribution in [0.4, 0.5) is 11.9 Å². The van der Waals surface area contributed by atoms with Crippen molar-refractivity contribution < 1.29 is 9.47 Å². The number of halogens is 1. The summed E-state index contributed by atoms with van der Waals surface area (Å²) in [5.41, 5.74) is 0. The van der Waals surface area contributed by atoms with Crippen molar-refractivity contribution in [2.45, 2.75) is 56.7 Å². The molecule has 0 unspecified atom stereocenters. The van der Waals surface area contributed by atoms with E-state index < -0.39 is 0 Å². The van der Waals surface area contributed by atoms with E-state index in [-0.39, 0.29) is 0 Å². The van der Waals surface area contributed by atoms with Crippen molar-refractivity contribution in [3.8, 4) is 0 Å². The lowest BCUT2D eigenvalue weighted by atomic mass is 10.1. The highest BCUT2D eigenvalue weighted by Crippen LogP contribution is 2.37. The molecule has 4 aromatic heterocycles. The van der Waals surface area contributed by atoms with E-state index in [4.69, 9.17) is 9.47 Å². The second kappa shape index (κ2) is 20.8. The Bertz CT molecular complexity index is 2130. The molecule has 2 N–H and O–H groups in total. The Labute approximate surface area is 349 Å². The van der Waals surface area contributed by atoms with Crippen molar-refractivity contribution in [2.75, 3.05) is 37.1 Å². The number of nitrogens with one attached hydrogen (secondary N) is 2. The highest BCUT2D eigenvalue weighted by Gasteiger charge is 2.16. The van der Waals surface area contributed by atoms with Gasteiger partial charge in [-0.3, -0.25) is 0 Å². The van der Waals surface area contributed by atoms with Crippen LogP contribution in [0.1, 0.15) is 25.7 Å². The van der Waals surface area contributed by atoms with E-state index in [0.717, 1.165) is 84.4 Å². The fourth-order valence-corrected chi connectivity index (χ4v) is 11.3. The summed E-state index contributed by atoms with van der Waals surface area (Å²) in [6.45, 7) is 3.29. The number of benzene rings is 3. The Morgan fingerprint density at radius 3 is 1.52 bits per heavy atom. The molecule has 0 aliphatic carbocycles. The van der Waals surface area contributed by atoms with Crippen LogP contribution in [0.2, 0.25) is 0 Å².